The number of rotatable bonds is 7. The summed E-state index contributed by atoms with van der Waals surface area (Å²) < 4.78 is 16.5. The Kier molecular flexibility index (Phi) is 5.87. The summed E-state index contributed by atoms with van der Waals surface area (Å²) in [5.41, 5.74) is 0.569. The van der Waals surface area contributed by atoms with Gasteiger partial charge in [0.15, 0.2) is 11.5 Å². The molecule has 1 N–H and O–H groups in total. The third kappa shape index (κ3) is 4.36. The van der Waals surface area contributed by atoms with E-state index in [1.54, 1.807) is 18.2 Å². The largest absolute Gasteiger partial charge is 0.490 e. The molecule has 0 unspecified atom stereocenters. The van der Waals surface area contributed by atoms with E-state index in [0.717, 1.165) is 19.4 Å². The van der Waals surface area contributed by atoms with E-state index in [0.29, 0.717) is 36.8 Å². The summed E-state index contributed by atoms with van der Waals surface area (Å²) in [7, 11) is 0. The predicted octanol–water partition coefficient (Wildman–Crippen LogP) is 2.39. The standard InChI is InChI=1S/C16H23NO4/c1-3-19-14-8-7-12(10-15(14)20-4-2)16(18)17-11-13-6-5-9-21-13/h7-8,10,13H,3-6,9,11H2,1-2H3,(H,17,18)/t13-/m0/s1. The summed E-state index contributed by atoms with van der Waals surface area (Å²) in [4.78, 5) is 12.2. The van der Waals surface area contributed by atoms with Crippen LogP contribution in [-0.2, 0) is 4.74 Å². The highest BCUT2D eigenvalue weighted by Gasteiger charge is 2.17. The Morgan fingerprint density at radius 3 is 2.71 bits per heavy atom. The van der Waals surface area contributed by atoms with E-state index in [4.69, 9.17) is 14.2 Å². The Hall–Kier alpha value is -1.75. The molecule has 0 bridgehead atoms. The van der Waals surface area contributed by atoms with Gasteiger partial charge >= 0.3 is 0 Å². The molecule has 1 aromatic rings. The van der Waals surface area contributed by atoms with Crippen LogP contribution < -0.4 is 14.8 Å². The highest BCUT2D eigenvalue weighted by molar-refractivity contribution is 5.94. The summed E-state index contributed by atoms with van der Waals surface area (Å²) in [5, 5.41) is 2.90. The molecule has 5 heteroatoms. The number of hydrogen-bond donors (Lipinski definition) is 1. The highest BCUT2D eigenvalue weighted by Crippen LogP contribution is 2.28. The van der Waals surface area contributed by atoms with Crippen molar-refractivity contribution in [3.05, 3.63) is 23.8 Å². The van der Waals surface area contributed by atoms with Gasteiger partial charge in [0.2, 0.25) is 0 Å². The van der Waals surface area contributed by atoms with Gasteiger partial charge in [0.05, 0.1) is 19.3 Å². The van der Waals surface area contributed by atoms with Gasteiger partial charge in [-0.1, -0.05) is 0 Å². The topological polar surface area (TPSA) is 56.8 Å². The van der Waals surface area contributed by atoms with E-state index in [1.165, 1.54) is 0 Å². The molecule has 1 aliphatic heterocycles. The quantitative estimate of drug-likeness (QED) is 0.838. The van der Waals surface area contributed by atoms with E-state index >= 15 is 0 Å². The minimum atomic E-state index is -0.116. The molecule has 1 aromatic carbocycles. The Morgan fingerprint density at radius 2 is 2.05 bits per heavy atom. The third-order valence-electron chi connectivity index (χ3n) is 3.32. The van der Waals surface area contributed by atoms with Crippen LogP contribution >= 0.6 is 0 Å². The number of benzene rings is 1. The van der Waals surface area contributed by atoms with Gasteiger partial charge in [0, 0.05) is 18.7 Å². The van der Waals surface area contributed by atoms with Crippen molar-refractivity contribution < 1.29 is 19.0 Å². The molecule has 1 atom stereocenters. The van der Waals surface area contributed by atoms with Gasteiger partial charge in [-0.15, -0.1) is 0 Å². The lowest BCUT2D eigenvalue weighted by Gasteiger charge is -2.13. The summed E-state index contributed by atoms with van der Waals surface area (Å²) in [6, 6.07) is 5.24. The fourth-order valence-corrected chi connectivity index (χ4v) is 2.31. The molecule has 0 spiro atoms. The van der Waals surface area contributed by atoms with E-state index < -0.39 is 0 Å². The fraction of sp³-hybridized carbons (Fsp3) is 0.562. The Bertz CT molecular complexity index is 469. The maximum absolute atomic E-state index is 12.2. The molecular weight excluding hydrogens is 270 g/mol. The van der Waals surface area contributed by atoms with Crippen LogP contribution in [0.2, 0.25) is 0 Å². The van der Waals surface area contributed by atoms with Crippen LogP contribution in [0.25, 0.3) is 0 Å². The van der Waals surface area contributed by atoms with E-state index in [2.05, 4.69) is 5.32 Å². The third-order valence-corrected chi connectivity index (χ3v) is 3.32. The highest BCUT2D eigenvalue weighted by atomic mass is 16.5. The van der Waals surface area contributed by atoms with Gasteiger partial charge in [-0.05, 0) is 44.9 Å². The molecule has 116 valence electrons. The second-order valence-electron chi connectivity index (χ2n) is 4.87. The summed E-state index contributed by atoms with van der Waals surface area (Å²) in [6.45, 7) is 6.25. The molecule has 1 amide bonds. The first-order valence-electron chi connectivity index (χ1n) is 7.54. The molecule has 0 saturated carbocycles. The Morgan fingerprint density at radius 1 is 1.29 bits per heavy atom. The van der Waals surface area contributed by atoms with Gasteiger partial charge in [-0.25, -0.2) is 0 Å². The van der Waals surface area contributed by atoms with Gasteiger partial charge in [0.25, 0.3) is 5.91 Å². The normalized spacial score (nSPS) is 17.5. The minimum Gasteiger partial charge on any atom is -0.490 e. The molecule has 1 fully saturated rings. The van der Waals surface area contributed by atoms with Crippen molar-refractivity contribution in [3.63, 3.8) is 0 Å². The first-order chi connectivity index (χ1) is 10.2. The van der Waals surface area contributed by atoms with Crippen molar-refractivity contribution in [2.45, 2.75) is 32.8 Å². The molecule has 1 aliphatic rings. The van der Waals surface area contributed by atoms with Crippen LogP contribution in [0.5, 0.6) is 11.5 Å². The molecule has 0 aliphatic carbocycles. The predicted molar refractivity (Wildman–Crippen MR) is 80.1 cm³/mol. The molecular formula is C16H23NO4. The Labute approximate surface area is 125 Å². The zero-order valence-corrected chi connectivity index (χ0v) is 12.7. The van der Waals surface area contributed by atoms with Crippen LogP contribution in [0.3, 0.4) is 0 Å². The van der Waals surface area contributed by atoms with Gasteiger partial charge < -0.3 is 19.5 Å². The average molecular weight is 293 g/mol. The molecule has 1 heterocycles. The molecule has 0 aromatic heterocycles. The summed E-state index contributed by atoms with van der Waals surface area (Å²) >= 11 is 0. The molecule has 1 saturated heterocycles. The van der Waals surface area contributed by atoms with Gasteiger partial charge in [-0.2, -0.15) is 0 Å². The summed E-state index contributed by atoms with van der Waals surface area (Å²) in [6.07, 6.45) is 2.22. The molecule has 21 heavy (non-hydrogen) atoms. The van der Waals surface area contributed by atoms with Crippen LogP contribution in [-0.4, -0.2) is 38.4 Å². The molecule has 2 rings (SSSR count). The van der Waals surface area contributed by atoms with E-state index in [9.17, 15) is 4.79 Å². The van der Waals surface area contributed by atoms with Crippen molar-refractivity contribution in [1.29, 1.82) is 0 Å². The molecule has 5 nitrogen and oxygen atoms in total. The lowest BCUT2D eigenvalue weighted by atomic mass is 10.1. The monoisotopic (exact) mass is 293 g/mol. The van der Waals surface area contributed by atoms with Crippen molar-refractivity contribution in [1.82, 2.24) is 5.32 Å². The average Bonchev–Trinajstić information content (AvgIpc) is 3.00. The van der Waals surface area contributed by atoms with Crippen LogP contribution in [0, 0.1) is 0 Å². The van der Waals surface area contributed by atoms with Crippen molar-refractivity contribution >= 4 is 5.91 Å². The Balaban J connectivity index is 2.00. The maximum atomic E-state index is 12.2. The van der Waals surface area contributed by atoms with Crippen molar-refractivity contribution in [2.75, 3.05) is 26.4 Å². The molecule has 0 radical (unpaired) electrons. The van der Waals surface area contributed by atoms with Crippen molar-refractivity contribution in [3.8, 4) is 11.5 Å². The second kappa shape index (κ2) is 7.88. The number of amides is 1. The van der Waals surface area contributed by atoms with Gasteiger partial charge in [-0.3, -0.25) is 4.79 Å². The number of nitrogens with one attached hydrogen (secondary N) is 1. The zero-order valence-electron chi connectivity index (χ0n) is 12.7. The van der Waals surface area contributed by atoms with E-state index in [1.807, 2.05) is 13.8 Å². The van der Waals surface area contributed by atoms with Crippen molar-refractivity contribution in [2.24, 2.45) is 0 Å². The minimum absolute atomic E-state index is 0.116. The smallest absolute Gasteiger partial charge is 0.251 e. The summed E-state index contributed by atoms with van der Waals surface area (Å²) in [5.74, 6) is 1.15. The fourth-order valence-electron chi connectivity index (χ4n) is 2.31. The maximum Gasteiger partial charge on any atom is 0.251 e. The SMILES string of the molecule is CCOc1ccc(C(=O)NC[C@@H]2CCCO2)cc1OCC. The number of carbonyl (C=O) groups is 1. The first kappa shape index (κ1) is 15.6. The zero-order chi connectivity index (χ0) is 15.1. The first-order valence-corrected chi connectivity index (χ1v) is 7.54. The van der Waals surface area contributed by atoms with Crippen LogP contribution in [0.15, 0.2) is 18.2 Å². The van der Waals surface area contributed by atoms with E-state index in [-0.39, 0.29) is 12.0 Å². The van der Waals surface area contributed by atoms with Crippen LogP contribution in [0.1, 0.15) is 37.0 Å². The van der Waals surface area contributed by atoms with Crippen LogP contribution in [0.4, 0.5) is 0 Å². The number of carbonyl (C=O) groups excluding carboxylic acids is 1. The lowest BCUT2D eigenvalue weighted by molar-refractivity contribution is 0.0857. The second-order valence-corrected chi connectivity index (χ2v) is 4.87. The lowest BCUT2D eigenvalue weighted by Crippen LogP contribution is -2.31. The number of ether oxygens (including phenoxy) is 3. The number of hydrogen-bond acceptors (Lipinski definition) is 4. The van der Waals surface area contributed by atoms with Gasteiger partial charge in [0.1, 0.15) is 0 Å².